The van der Waals surface area contributed by atoms with Crippen molar-refractivity contribution in [1.82, 2.24) is 4.98 Å². The molecule has 1 heterocycles. The molecule has 1 aliphatic carbocycles. The Morgan fingerprint density at radius 1 is 1.12 bits per heavy atom. The first-order chi connectivity index (χ1) is 11.5. The average Bonchev–Trinajstić information content (AvgIpc) is 2.58. The smallest absolute Gasteiger partial charge is 0.178 e. The van der Waals surface area contributed by atoms with Crippen LogP contribution in [0, 0.1) is 11.3 Å². The van der Waals surface area contributed by atoms with Crippen LogP contribution in [0.25, 0.3) is 0 Å². The normalized spacial score (nSPS) is 16.0. The maximum Gasteiger partial charge on any atom is 0.178 e. The third-order valence-corrected chi connectivity index (χ3v) is 6.16. The molecule has 0 unspecified atom stereocenters. The number of nitrogens with zero attached hydrogens (tertiary/aromatic N) is 2. The molecule has 0 amide bonds. The molecule has 124 valence electrons. The molecule has 0 radical (unpaired) electrons. The Balaban J connectivity index is 1.67. The van der Waals surface area contributed by atoms with Gasteiger partial charge in [0, 0.05) is 18.1 Å². The Hall–Kier alpha value is -2.39. The van der Waals surface area contributed by atoms with E-state index in [1.807, 2.05) is 12.1 Å². The van der Waals surface area contributed by atoms with Gasteiger partial charge in [0.05, 0.1) is 16.7 Å². The zero-order chi connectivity index (χ0) is 17.0. The molecule has 1 aromatic carbocycles. The van der Waals surface area contributed by atoms with E-state index in [9.17, 15) is 13.7 Å². The van der Waals surface area contributed by atoms with Gasteiger partial charge in [-0.3, -0.25) is 4.98 Å². The summed E-state index contributed by atoms with van der Waals surface area (Å²) in [6.45, 7) is 0. The minimum atomic E-state index is -3.33. The van der Waals surface area contributed by atoms with E-state index in [2.05, 4.69) is 16.4 Å². The molecule has 2 aromatic rings. The fourth-order valence-corrected chi connectivity index (χ4v) is 4.03. The van der Waals surface area contributed by atoms with Crippen molar-refractivity contribution in [1.29, 1.82) is 5.26 Å². The molecule has 3 rings (SSSR count). The first kappa shape index (κ1) is 16.5. The average molecular weight is 341 g/mol. The summed E-state index contributed by atoms with van der Waals surface area (Å²) >= 11 is 0. The number of aryl methyl sites for hydroxylation is 1. The summed E-state index contributed by atoms with van der Waals surface area (Å²) in [5.74, 6) is 0.0614. The van der Waals surface area contributed by atoms with E-state index in [-0.39, 0.29) is 5.75 Å². The van der Waals surface area contributed by atoms with E-state index >= 15 is 0 Å². The van der Waals surface area contributed by atoms with Gasteiger partial charge in [0.2, 0.25) is 0 Å². The van der Waals surface area contributed by atoms with Gasteiger partial charge in [-0.2, -0.15) is 5.26 Å². The second-order valence-electron chi connectivity index (χ2n) is 6.12. The van der Waals surface area contributed by atoms with Crippen molar-refractivity contribution in [2.45, 2.75) is 36.1 Å². The number of hydrogen-bond donors (Lipinski definition) is 1. The molecule has 1 fully saturated rings. The largest absolute Gasteiger partial charge is 0.367 e. The quantitative estimate of drug-likeness (QED) is 0.873. The van der Waals surface area contributed by atoms with E-state index in [4.69, 9.17) is 0 Å². The fourth-order valence-electron chi connectivity index (χ4n) is 2.74. The van der Waals surface area contributed by atoms with Crippen molar-refractivity contribution >= 4 is 15.5 Å². The van der Waals surface area contributed by atoms with Gasteiger partial charge < -0.3 is 5.32 Å². The van der Waals surface area contributed by atoms with E-state index in [1.165, 1.54) is 0 Å². The Kier molecular flexibility index (Phi) is 4.54. The third-order valence-electron chi connectivity index (χ3n) is 4.43. The SMILES string of the molecule is N#CC1(Nc2ccc(S(=O)(=O)CCc3ccncc3)cc2)CCC1. The van der Waals surface area contributed by atoms with Crippen LogP contribution in [0.5, 0.6) is 0 Å². The minimum Gasteiger partial charge on any atom is -0.367 e. The van der Waals surface area contributed by atoms with Crippen molar-refractivity contribution in [2.24, 2.45) is 0 Å². The summed E-state index contributed by atoms with van der Waals surface area (Å²) in [6, 6.07) is 12.6. The molecule has 0 saturated heterocycles. The maximum atomic E-state index is 12.4. The number of benzene rings is 1. The zero-order valence-corrected chi connectivity index (χ0v) is 14.1. The van der Waals surface area contributed by atoms with Crippen LogP contribution in [0.4, 0.5) is 5.69 Å². The van der Waals surface area contributed by atoms with Gasteiger partial charge in [0.25, 0.3) is 0 Å². The van der Waals surface area contributed by atoms with Crippen LogP contribution in [-0.2, 0) is 16.3 Å². The predicted molar refractivity (Wildman–Crippen MR) is 92.3 cm³/mol. The summed E-state index contributed by atoms with van der Waals surface area (Å²) in [6.07, 6.45) is 6.48. The molecule has 1 saturated carbocycles. The summed E-state index contributed by atoms with van der Waals surface area (Å²) in [5.41, 5.74) is 1.25. The molecule has 1 N–H and O–H groups in total. The molecule has 0 atom stereocenters. The number of sulfone groups is 1. The van der Waals surface area contributed by atoms with Crippen LogP contribution in [0.2, 0.25) is 0 Å². The monoisotopic (exact) mass is 341 g/mol. The highest BCUT2D eigenvalue weighted by Crippen LogP contribution is 2.34. The number of hydrogen-bond acceptors (Lipinski definition) is 5. The topological polar surface area (TPSA) is 82.9 Å². The van der Waals surface area contributed by atoms with Crippen molar-refractivity contribution in [2.75, 3.05) is 11.1 Å². The summed E-state index contributed by atoms with van der Waals surface area (Å²) in [5, 5.41) is 12.5. The first-order valence-corrected chi connectivity index (χ1v) is 9.59. The molecule has 1 aromatic heterocycles. The number of aromatic nitrogens is 1. The standard InChI is InChI=1S/C18H19N3O2S/c19-14-18(9-1-10-18)21-16-2-4-17(5-3-16)24(22,23)13-8-15-6-11-20-12-7-15/h2-7,11-12,21H,1,8-10,13H2. The van der Waals surface area contributed by atoms with Crippen molar-refractivity contribution in [3.05, 3.63) is 54.4 Å². The summed E-state index contributed by atoms with van der Waals surface area (Å²) in [7, 11) is -3.33. The van der Waals surface area contributed by atoms with Gasteiger partial charge in [-0.1, -0.05) is 0 Å². The van der Waals surface area contributed by atoms with Gasteiger partial charge in [-0.25, -0.2) is 8.42 Å². The van der Waals surface area contributed by atoms with E-state index < -0.39 is 15.4 Å². The summed E-state index contributed by atoms with van der Waals surface area (Å²) in [4.78, 5) is 4.23. The lowest BCUT2D eigenvalue weighted by molar-refractivity contribution is 0.356. The number of rotatable bonds is 6. The second-order valence-corrected chi connectivity index (χ2v) is 8.23. The molecular formula is C18H19N3O2S. The third kappa shape index (κ3) is 3.57. The molecule has 5 nitrogen and oxygen atoms in total. The molecule has 1 aliphatic rings. The number of anilines is 1. The van der Waals surface area contributed by atoms with Gasteiger partial charge in [0.15, 0.2) is 9.84 Å². The number of nitriles is 1. The highest BCUT2D eigenvalue weighted by atomic mass is 32.2. The Morgan fingerprint density at radius 3 is 2.33 bits per heavy atom. The number of pyridine rings is 1. The van der Waals surface area contributed by atoms with Crippen molar-refractivity contribution in [3.8, 4) is 6.07 Å². The Labute approximate surface area is 142 Å². The van der Waals surface area contributed by atoms with Crippen LogP contribution in [0.1, 0.15) is 24.8 Å². The highest BCUT2D eigenvalue weighted by Gasteiger charge is 2.36. The maximum absolute atomic E-state index is 12.4. The van der Waals surface area contributed by atoms with Crippen molar-refractivity contribution < 1.29 is 8.42 Å². The first-order valence-electron chi connectivity index (χ1n) is 7.94. The Bertz CT molecular complexity index is 836. The van der Waals surface area contributed by atoms with Gasteiger partial charge in [-0.15, -0.1) is 0 Å². The minimum absolute atomic E-state index is 0.0614. The van der Waals surface area contributed by atoms with E-state index in [1.54, 1.807) is 36.7 Å². The molecule has 24 heavy (non-hydrogen) atoms. The van der Waals surface area contributed by atoms with Crippen LogP contribution in [0.3, 0.4) is 0 Å². The lowest BCUT2D eigenvalue weighted by Crippen LogP contribution is -2.43. The lowest BCUT2D eigenvalue weighted by atomic mass is 9.78. The Morgan fingerprint density at radius 2 is 1.79 bits per heavy atom. The summed E-state index contributed by atoms with van der Waals surface area (Å²) < 4.78 is 24.9. The molecular weight excluding hydrogens is 322 g/mol. The van der Waals surface area contributed by atoms with Crippen LogP contribution >= 0.6 is 0 Å². The zero-order valence-electron chi connectivity index (χ0n) is 13.3. The molecule has 0 spiro atoms. The van der Waals surface area contributed by atoms with E-state index in [0.717, 1.165) is 30.5 Å². The predicted octanol–water partition coefficient (Wildman–Crippen LogP) is 2.96. The highest BCUT2D eigenvalue weighted by molar-refractivity contribution is 7.91. The van der Waals surface area contributed by atoms with E-state index in [0.29, 0.717) is 11.3 Å². The molecule has 0 aliphatic heterocycles. The van der Waals surface area contributed by atoms with Crippen LogP contribution < -0.4 is 5.32 Å². The van der Waals surface area contributed by atoms with Gasteiger partial charge in [0.1, 0.15) is 5.54 Å². The lowest BCUT2D eigenvalue weighted by Gasteiger charge is -2.36. The van der Waals surface area contributed by atoms with Gasteiger partial charge >= 0.3 is 0 Å². The van der Waals surface area contributed by atoms with Gasteiger partial charge in [-0.05, 0) is 67.6 Å². The molecule has 6 heteroatoms. The van der Waals surface area contributed by atoms with Crippen LogP contribution in [0.15, 0.2) is 53.7 Å². The fraction of sp³-hybridized carbons (Fsp3) is 0.333. The molecule has 0 bridgehead atoms. The number of nitrogens with one attached hydrogen (secondary N) is 1. The van der Waals surface area contributed by atoms with Crippen molar-refractivity contribution in [3.63, 3.8) is 0 Å². The van der Waals surface area contributed by atoms with Crippen LogP contribution in [-0.4, -0.2) is 24.7 Å². The second kappa shape index (κ2) is 6.62.